The highest BCUT2D eigenvalue weighted by atomic mass is 16.5. The van der Waals surface area contributed by atoms with Crippen molar-refractivity contribution in [3.63, 3.8) is 0 Å². The van der Waals surface area contributed by atoms with E-state index in [-0.39, 0.29) is 34.6 Å². The number of likely N-dealkylation sites (N-methyl/N-ethyl adjacent to an activating group) is 1. The molecule has 0 bridgehead atoms. The van der Waals surface area contributed by atoms with Crippen molar-refractivity contribution in [2.24, 2.45) is 12.5 Å². The van der Waals surface area contributed by atoms with Crippen LogP contribution in [0.25, 0.3) is 11.3 Å². The SMILES string of the molecule is C=CC(=O)N(C)c1cc(Nc2nc(-c3ccnc(N4CCn5c(cc6c5CC(C)(C)C6)C4=O)c3C)cn(C)c2=O)ccc1N1CCN(C2COC2)CC1C. The van der Waals surface area contributed by atoms with Gasteiger partial charge < -0.3 is 29.0 Å². The molecule has 6 heterocycles. The fourth-order valence-electron chi connectivity index (χ4n) is 8.62. The first-order chi connectivity index (χ1) is 25.8. The molecule has 1 unspecified atom stereocenters. The van der Waals surface area contributed by atoms with Gasteiger partial charge in [0.2, 0.25) is 5.91 Å². The molecule has 8 rings (SSSR count). The van der Waals surface area contributed by atoms with Crippen molar-refractivity contribution in [1.29, 1.82) is 0 Å². The summed E-state index contributed by atoms with van der Waals surface area (Å²) in [6.45, 7) is 17.8. The highest BCUT2D eigenvalue weighted by Gasteiger charge is 2.38. The van der Waals surface area contributed by atoms with Gasteiger partial charge in [-0.2, -0.15) is 0 Å². The fraction of sp³-hybridized carbons (Fsp3) is 0.439. The monoisotopic (exact) mass is 731 g/mol. The molecule has 2 saturated heterocycles. The molecule has 282 valence electrons. The third-order valence-electron chi connectivity index (χ3n) is 11.6. The number of aryl methyl sites for hydroxylation is 1. The van der Waals surface area contributed by atoms with Crippen LogP contribution in [0.4, 0.5) is 28.7 Å². The second-order valence-electron chi connectivity index (χ2n) is 16.0. The summed E-state index contributed by atoms with van der Waals surface area (Å²) < 4.78 is 9.14. The number of piperazine rings is 1. The van der Waals surface area contributed by atoms with Crippen LogP contribution in [0.15, 0.2) is 60.2 Å². The van der Waals surface area contributed by atoms with E-state index < -0.39 is 0 Å². The van der Waals surface area contributed by atoms with E-state index in [1.54, 1.807) is 36.3 Å². The molecule has 54 heavy (non-hydrogen) atoms. The lowest BCUT2D eigenvalue weighted by Gasteiger charge is -2.47. The Morgan fingerprint density at radius 3 is 2.61 bits per heavy atom. The van der Waals surface area contributed by atoms with E-state index in [1.165, 1.54) is 21.9 Å². The van der Waals surface area contributed by atoms with Crippen LogP contribution in [0.2, 0.25) is 0 Å². The van der Waals surface area contributed by atoms with Gasteiger partial charge in [-0.3, -0.25) is 24.2 Å². The van der Waals surface area contributed by atoms with E-state index in [1.807, 2.05) is 31.2 Å². The minimum atomic E-state index is -0.306. The zero-order valence-electron chi connectivity index (χ0n) is 32.1. The summed E-state index contributed by atoms with van der Waals surface area (Å²) in [4.78, 5) is 58.1. The fourth-order valence-corrected chi connectivity index (χ4v) is 8.62. The third-order valence-corrected chi connectivity index (χ3v) is 11.6. The lowest BCUT2D eigenvalue weighted by Crippen LogP contribution is -2.59. The normalized spacial score (nSPS) is 19.7. The Morgan fingerprint density at radius 2 is 1.89 bits per heavy atom. The minimum absolute atomic E-state index is 0.0552. The molecule has 3 aliphatic heterocycles. The number of hydrogen-bond acceptors (Lipinski definition) is 9. The van der Waals surface area contributed by atoms with Crippen molar-refractivity contribution in [2.75, 3.05) is 66.5 Å². The van der Waals surface area contributed by atoms with Crippen LogP contribution in [0.1, 0.15) is 48.1 Å². The van der Waals surface area contributed by atoms with Gasteiger partial charge >= 0.3 is 0 Å². The summed E-state index contributed by atoms with van der Waals surface area (Å²) in [5.41, 5.74) is 7.54. The number of amides is 2. The number of benzene rings is 1. The highest BCUT2D eigenvalue weighted by molar-refractivity contribution is 6.06. The standard InChI is InChI=1S/C41H49N9O4/c1-8-36(51)46(7)33-18-28(9-10-32(33)48-14-13-47(21-25(48)2)29-23-54-24-29)43-37-40(53)45(6)22-31(44-37)30-11-12-42-38(26(30)3)50-16-15-49-34(39(50)52)17-27-19-41(4,5)20-35(27)49/h8-12,17-18,22,25,29H,1,13-16,19-21,23-24H2,2-7H3,(H,43,44). The van der Waals surface area contributed by atoms with E-state index in [0.717, 1.165) is 62.5 Å². The van der Waals surface area contributed by atoms with Gasteiger partial charge in [0.1, 0.15) is 11.5 Å². The van der Waals surface area contributed by atoms with Crippen LogP contribution in [0.5, 0.6) is 0 Å². The predicted molar refractivity (Wildman–Crippen MR) is 211 cm³/mol. The molecule has 1 N–H and O–H groups in total. The summed E-state index contributed by atoms with van der Waals surface area (Å²) in [5.74, 6) is 0.431. The number of carbonyl (C=O) groups is 2. The van der Waals surface area contributed by atoms with Crippen molar-refractivity contribution in [3.05, 3.63) is 88.2 Å². The molecule has 1 aromatic carbocycles. The number of anilines is 5. The van der Waals surface area contributed by atoms with Crippen molar-refractivity contribution in [1.82, 2.24) is 24.0 Å². The van der Waals surface area contributed by atoms with Crippen molar-refractivity contribution in [2.45, 2.75) is 59.2 Å². The molecule has 1 aliphatic carbocycles. The van der Waals surface area contributed by atoms with E-state index >= 15 is 0 Å². The number of nitrogens with one attached hydrogen (secondary N) is 1. The van der Waals surface area contributed by atoms with E-state index in [2.05, 4.69) is 58.1 Å². The lowest BCUT2D eigenvalue weighted by atomic mass is 9.90. The molecule has 2 fully saturated rings. The molecular weight excluding hydrogens is 683 g/mol. The highest BCUT2D eigenvalue weighted by Crippen LogP contribution is 2.40. The minimum Gasteiger partial charge on any atom is -0.378 e. The molecule has 13 heteroatoms. The quantitative estimate of drug-likeness (QED) is 0.261. The molecular formula is C41H49N9O4. The van der Waals surface area contributed by atoms with Gasteiger partial charge in [0.15, 0.2) is 5.82 Å². The van der Waals surface area contributed by atoms with E-state index in [4.69, 9.17) is 9.72 Å². The molecule has 4 aromatic rings. The Balaban J connectivity index is 1.08. The van der Waals surface area contributed by atoms with E-state index in [0.29, 0.717) is 47.7 Å². The number of nitrogens with zero attached hydrogens (tertiary/aromatic N) is 8. The average molecular weight is 732 g/mol. The van der Waals surface area contributed by atoms with Crippen molar-refractivity contribution < 1.29 is 14.3 Å². The Kier molecular flexibility index (Phi) is 8.96. The van der Waals surface area contributed by atoms with Gasteiger partial charge in [-0.05, 0) is 74.1 Å². The maximum absolute atomic E-state index is 13.9. The smallest absolute Gasteiger partial charge is 0.293 e. The number of ether oxygens (including phenoxy) is 1. The molecule has 4 aliphatic rings. The van der Waals surface area contributed by atoms with Crippen LogP contribution in [-0.2, 0) is 36.0 Å². The first-order valence-corrected chi connectivity index (χ1v) is 18.8. The first-order valence-electron chi connectivity index (χ1n) is 18.8. The Morgan fingerprint density at radius 1 is 1.09 bits per heavy atom. The number of rotatable bonds is 8. The summed E-state index contributed by atoms with van der Waals surface area (Å²) in [6.07, 6.45) is 6.64. The topological polar surface area (TPSA) is 121 Å². The number of hydrogen-bond donors (Lipinski definition) is 1. The maximum atomic E-state index is 13.9. The summed E-state index contributed by atoms with van der Waals surface area (Å²) in [7, 11) is 3.43. The summed E-state index contributed by atoms with van der Waals surface area (Å²) in [5, 5.41) is 3.26. The van der Waals surface area contributed by atoms with Crippen LogP contribution in [0.3, 0.4) is 0 Å². The van der Waals surface area contributed by atoms with Crippen molar-refractivity contribution >= 4 is 40.5 Å². The van der Waals surface area contributed by atoms with Crippen LogP contribution in [-0.4, -0.2) is 94.3 Å². The van der Waals surface area contributed by atoms with Gasteiger partial charge in [-0.15, -0.1) is 0 Å². The number of fused-ring (bicyclic) bond motifs is 3. The van der Waals surface area contributed by atoms with E-state index in [9.17, 15) is 14.4 Å². The number of aromatic nitrogens is 4. The Bertz CT molecular complexity index is 2240. The molecule has 3 aromatic heterocycles. The first kappa shape index (κ1) is 35.7. The van der Waals surface area contributed by atoms with Crippen LogP contribution in [0, 0.1) is 12.3 Å². The summed E-state index contributed by atoms with van der Waals surface area (Å²) >= 11 is 0. The Hall–Kier alpha value is -5.27. The molecule has 0 radical (unpaired) electrons. The number of pyridine rings is 1. The van der Waals surface area contributed by atoms with Gasteiger partial charge in [0.05, 0.1) is 36.3 Å². The molecule has 1 atom stereocenters. The molecule has 0 spiro atoms. The maximum Gasteiger partial charge on any atom is 0.293 e. The van der Waals surface area contributed by atoms with Crippen LogP contribution >= 0.6 is 0 Å². The van der Waals surface area contributed by atoms with Gasteiger partial charge in [0.25, 0.3) is 11.5 Å². The second-order valence-corrected chi connectivity index (χ2v) is 16.0. The van der Waals surface area contributed by atoms with Crippen molar-refractivity contribution in [3.8, 4) is 11.3 Å². The van der Waals surface area contributed by atoms with Gasteiger partial charge in [-0.25, -0.2) is 9.97 Å². The zero-order chi connectivity index (χ0) is 38.1. The van der Waals surface area contributed by atoms with Crippen LogP contribution < -0.4 is 25.6 Å². The molecule has 2 amide bonds. The largest absolute Gasteiger partial charge is 0.378 e. The zero-order valence-corrected chi connectivity index (χ0v) is 32.1. The van der Waals surface area contributed by atoms with Gasteiger partial charge in [-0.1, -0.05) is 20.4 Å². The summed E-state index contributed by atoms with van der Waals surface area (Å²) in [6, 6.07) is 10.4. The second kappa shape index (κ2) is 13.5. The van der Waals surface area contributed by atoms with Gasteiger partial charge in [0, 0.05) is 87.8 Å². The number of carbonyl (C=O) groups excluding carboxylic acids is 2. The predicted octanol–water partition coefficient (Wildman–Crippen LogP) is 4.54. The Labute approximate surface area is 315 Å². The third kappa shape index (κ3) is 6.18. The lowest BCUT2D eigenvalue weighted by molar-refractivity contribution is -0.113. The molecule has 13 nitrogen and oxygen atoms in total. The molecule has 0 saturated carbocycles. The average Bonchev–Trinajstić information content (AvgIpc) is 3.61.